The Morgan fingerprint density at radius 1 is 0.966 bits per heavy atom. The maximum absolute atomic E-state index is 12.1. The smallest absolute Gasteiger partial charge is 0.326 e. The summed E-state index contributed by atoms with van der Waals surface area (Å²) in [5, 5.41) is 25.2. The molecule has 12 nitrogen and oxygen atoms in total. The molecule has 4 amide bonds. The summed E-state index contributed by atoms with van der Waals surface area (Å²) in [6.07, 6.45) is -0.552. The van der Waals surface area contributed by atoms with E-state index in [1.165, 1.54) is 24.3 Å². The van der Waals surface area contributed by atoms with E-state index in [9.17, 15) is 34.2 Å². The predicted octanol–water partition coefficient (Wildman–Crippen LogP) is -3.06. The highest BCUT2D eigenvalue weighted by Crippen LogP contribution is 2.11. The van der Waals surface area contributed by atoms with Gasteiger partial charge in [0.05, 0.1) is 19.5 Å². The SMILES string of the molecule is NCC(=O)NC(CC(N)=O)C(=O)NCC(=O)NC(Cc1ccc(O)cc1)C(=O)O. The van der Waals surface area contributed by atoms with E-state index in [0.717, 1.165) is 0 Å². The van der Waals surface area contributed by atoms with E-state index in [2.05, 4.69) is 16.0 Å². The molecule has 1 aromatic rings. The molecule has 0 spiro atoms. The van der Waals surface area contributed by atoms with Crippen LogP contribution in [0.1, 0.15) is 12.0 Å². The van der Waals surface area contributed by atoms with Gasteiger partial charge in [0.1, 0.15) is 17.8 Å². The Labute approximate surface area is 165 Å². The molecule has 0 aliphatic heterocycles. The Kier molecular flexibility index (Phi) is 9.05. The summed E-state index contributed by atoms with van der Waals surface area (Å²) in [5.74, 6) is -4.49. The van der Waals surface area contributed by atoms with E-state index in [1.807, 2.05) is 0 Å². The number of rotatable bonds is 11. The molecule has 0 saturated carbocycles. The second-order valence-electron chi connectivity index (χ2n) is 6.04. The van der Waals surface area contributed by atoms with Gasteiger partial charge in [-0.1, -0.05) is 12.1 Å². The van der Waals surface area contributed by atoms with Crippen molar-refractivity contribution in [2.24, 2.45) is 11.5 Å². The zero-order valence-corrected chi connectivity index (χ0v) is 15.4. The molecule has 9 N–H and O–H groups in total. The highest BCUT2D eigenvalue weighted by Gasteiger charge is 2.24. The quantitative estimate of drug-likeness (QED) is 0.199. The van der Waals surface area contributed by atoms with Crippen LogP contribution in [0.4, 0.5) is 0 Å². The van der Waals surface area contributed by atoms with Crippen molar-refractivity contribution in [3.63, 3.8) is 0 Å². The molecule has 1 rings (SSSR count). The molecular formula is C17H23N5O7. The molecule has 0 fully saturated rings. The van der Waals surface area contributed by atoms with Gasteiger partial charge in [0.15, 0.2) is 0 Å². The van der Waals surface area contributed by atoms with Gasteiger partial charge in [0, 0.05) is 6.42 Å². The largest absolute Gasteiger partial charge is 0.508 e. The van der Waals surface area contributed by atoms with Crippen molar-refractivity contribution in [3.05, 3.63) is 29.8 Å². The number of phenols is 1. The number of phenolic OH excluding ortho intramolecular Hbond substituents is 1. The van der Waals surface area contributed by atoms with E-state index in [-0.39, 0.29) is 12.2 Å². The minimum absolute atomic E-state index is 0.0135. The summed E-state index contributed by atoms with van der Waals surface area (Å²) in [4.78, 5) is 57.8. The number of carboxylic acids is 1. The number of carboxylic acid groups (broad SMARTS) is 1. The van der Waals surface area contributed by atoms with Gasteiger partial charge in [-0.05, 0) is 17.7 Å². The number of carbonyl (C=O) groups is 5. The van der Waals surface area contributed by atoms with Gasteiger partial charge in [-0.2, -0.15) is 0 Å². The second-order valence-corrected chi connectivity index (χ2v) is 6.04. The maximum Gasteiger partial charge on any atom is 0.326 e. The van der Waals surface area contributed by atoms with Gasteiger partial charge in [-0.15, -0.1) is 0 Å². The highest BCUT2D eigenvalue weighted by atomic mass is 16.4. The number of benzene rings is 1. The minimum Gasteiger partial charge on any atom is -0.508 e. The summed E-state index contributed by atoms with van der Waals surface area (Å²) >= 11 is 0. The molecule has 0 saturated heterocycles. The van der Waals surface area contributed by atoms with Gasteiger partial charge < -0.3 is 37.6 Å². The van der Waals surface area contributed by atoms with Crippen LogP contribution in [0.2, 0.25) is 0 Å². The average Bonchev–Trinajstić information content (AvgIpc) is 2.66. The van der Waals surface area contributed by atoms with Crippen LogP contribution >= 0.6 is 0 Å². The number of aliphatic carboxylic acids is 1. The van der Waals surface area contributed by atoms with Crippen LogP contribution in [0.3, 0.4) is 0 Å². The third kappa shape index (κ3) is 8.71. The Morgan fingerprint density at radius 3 is 2.07 bits per heavy atom. The first-order valence-corrected chi connectivity index (χ1v) is 8.48. The number of hydrogen-bond donors (Lipinski definition) is 7. The fraction of sp³-hybridized carbons (Fsp3) is 0.353. The zero-order valence-electron chi connectivity index (χ0n) is 15.4. The van der Waals surface area contributed by atoms with Gasteiger partial charge in [-0.25, -0.2) is 4.79 Å². The van der Waals surface area contributed by atoms with Crippen molar-refractivity contribution in [1.29, 1.82) is 0 Å². The van der Waals surface area contributed by atoms with Crippen molar-refractivity contribution in [2.45, 2.75) is 24.9 Å². The lowest BCUT2D eigenvalue weighted by Gasteiger charge is -2.18. The predicted molar refractivity (Wildman–Crippen MR) is 99.2 cm³/mol. The van der Waals surface area contributed by atoms with E-state index in [1.54, 1.807) is 0 Å². The van der Waals surface area contributed by atoms with Crippen LogP contribution in [0.25, 0.3) is 0 Å². The Balaban J connectivity index is 2.63. The molecule has 12 heteroatoms. The molecule has 0 bridgehead atoms. The molecule has 2 atom stereocenters. The Morgan fingerprint density at radius 2 is 1.55 bits per heavy atom. The van der Waals surface area contributed by atoms with Crippen LogP contribution in [-0.2, 0) is 30.4 Å². The number of nitrogens with two attached hydrogens (primary N) is 2. The third-order valence-corrected chi connectivity index (χ3v) is 3.68. The van der Waals surface area contributed by atoms with Crippen LogP contribution in [-0.4, -0.2) is 65.0 Å². The number of amides is 4. The summed E-state index contributed by atoms with van der Waals surface area (Å²) in [6, 6.07) is 3.18. The van der Waals surface area contributed by atoms with Crippen molar-refractivity contribution >= 4 is 29.6 Å². The van der Waals surface area contributed by atoms with Crippen LogP contribution < -0.4 is 27.4 Å². The van der Waals surface area contributed by atoms with Crippen molar-refractivity contribution in [3.8, 4) is 5.75 Å². The number of hydrogen-bond acceptors (Lipinski definition) is 7. The van der Waals surface area contributed by atoms with Gasteiger partial charge in [0.2, 0.25) is 23.6 Å². The molecule has 158 valence electrons. The lowest BCUT2D eigenvalue weighted by Crippen LogP contribution is -2.52. The van der Waals surface area contributed by atoms with E-state index in [4.69, 9.17) is 11.5 Å². The van der Waals surface area contributed by atoms with Crippen molar-refractivity contribution in [1.82, 2.24) is 16.0 Å². The number of aromatic hydroxyl groups is 1. The number of nitrogens with one attached hydrogen (secondary N) is 3. The van der Waals surface area contributed by atoms with Gasteiger partial charge in [-0.3, -0.25) is 19.2 Å². The summed E-state index contributed by atoms with van der Waals surface area (Å²) in [7, 11) is 0. The lowest BCUT2D eigenvalue weighted by atomic mass is 10.1. The van der Waals surface area contributed by atoms with E-state index < -0.39 is 61.2 Å². The topological polar surface area (TPSA) is 214 Å². The first-order valence-electron chi connectivity index (χ1n) is 8.48. The fourth-order valence-corrected chi connectivity index (χ4v) is 2.27. The number of primary amides is 1. The monoisotopic (exact) mass is 409 g/mol. The molecule has 0 aromatic heterocycles. The summed E-state index contributed by atoms with van der Waals surface area (Å²) in [5.41, 5.74) is 10.7. The van der Waals surface area contributed by atoms with E-state index >= 15 is 0 Å². The van der Waals surface area contributed by atoms with Crippen LogP contribution in [0.15, 0.2) is 24.3 Å². The summed E-state index contributed by atoms with van der Waals surface area (Å²) in [6.45, 7) is -1.01. The zero-order chi connectivity index (χ0) is 22.0. The van der Waals surface area contributed by atoms with Crippen LogP contribution in [0.5, 0.6) is 5.75 Å². The highest BCUT2D eigenvalue weighted by molar-refractivity contribution is 5.94. The molecule has 0 radical (unpaired) electrons. The molecule has 0 aliphatic rings. The number of carbonyl (C=O) groups excluding carboxylic acids is 4. The second kappa shape index (κ2) is 11.2. The molecule has 29 heavy (non-hydrogen) atoms. The third-order valence-electron chi connectivity index (χ3n) is 3.68. The van der Waals surface area contributed by atoms with Crippen molar-refractivity contribution < 1.29 is 34.2 Å². The molecular weight excluding hydrogens is 386 g/mol. The first kappa shape index (κ1) is 23.4. The van der Waals surface area contributed by atoms with Crippen LogP contribution in [0, 0.1) is 0 Å². The lowest BCUT2D eigenvalue weighted by molar-refractivity contribution is -0.141. The van der Waals surface area contributed by atoms with Gasteiger partial charge >= 0.3 is 5.97 Å². The minimum atomic E-state index is -1.32. The molecule has 0 heterocycles. The molecule has 1 aromatic carbocycles. The fourth-order valence-electron chi connectivity index (χ4n) is 2.27. The average molecular weight is 409 g/mol. The molecule has 2 unspecified atom stereocenters. The van der Waals surface area contributed by atoms with Gasteiger partial charge in [0.25, 0.3) is 0 Å². The first-order chi connectivity index (χ1) is 13.6. The van der Waals surface area contributed by atoms with Crippen molar-refractivity contribution in [2.75, 3.05) is 13.1 Å². The Bertz CT molecular complexity index is 766. The maximum atomic E-state index is 12.1. The molecule has 0 aliphatic carbocycles. The standard InChI is InChI=1S/C17H23N5O7/c18-7-14(25)21-11(6-13(19)24)16(27)20-8-15(26)22-12(17(28)29)5-9-1-3-10(23)4-2-9/h1-4,11-12,23H,5-8,18H2,(H2,19,24)(H,20,27)(H,21,25)(H,22,26)(H,28,29). The summed E-state index contributed by atoms with van der Waals surface area (Å²) < 4.78 is 0. The normalized spacial score (nSPS) is 12.3. The Hall–Kier alpha value is -3.67. The van der Waals surface area contributed by atoms with E-state index in [0.29, 0.717) is 5.56 Å².